The number of benzene rings is 1. The molecule has 0 heterocycles. The molecule has 4 heteroatoms. The molecule has 64 valence electrons. The summed E-state index contributed by atoms with van der Waals surface area (Å²) in [5.74, 6) is 0. The Hall–Kier alpha value is -0.900. The zero-order chi connectivity index (χ0) is 8.97. The first-order chi connectivity index (χ1) is 5.72. The van der Waals surface area contributed by atoms with E-state index in [-0.39, 0.29) is 11.5 Å². The zero-order valence-electron chi connectivity index (χ0n) is 6.37. The number of halogens is 1. The lowest BCUT2D eigenvalue weighted by atomic mass is 10.1. The number of hydrogen-bond donors (Lipinski definition) is 0. The average molecular weight is 230 g/mol. The Morgan fingerprint density at radius 1 is 1.25 bits per heavy atom. The van der Waals surface area contributed by atoms with E-state index in [9.17, 15) is 10.1 Å². The maximum atomic E-state index is 10.1. The van der Waals surface area contributed by atoms with Gasteiger partial charge in [0.2, 0.25) is 6.54 Å². The molecule has 12 heavy (non-hydrogen) atoms. The second-order valence-electron chi connectivity index (χ2n) is 2.44. The lowest BCUT2D eigenvalue weighted by Gasteiger charge is -1.96. The molecule has 1 aromatic rings. The van der Waals surface area contributed by atoms with Crippen molar-refractivity contribution in [1.29, 1.82) is 0 Å². The van der Waals surface area contributed by atoms with E-state index in [0.29, 0.717) is 0 Å². The lowest BCUT2D eigenvalue weighted by Crippen LogP contribution is -1.97. The van der Waals surface area contributed by atoms with E-state index in [1.807, 2.05) is 12.1 Å². The van der Waals surface area contributed by atoms with Crippen LogP contribution >= 0.6 is 15.9 Å². The van der Waals surface area contributed by atoms with Gasteiger partial charge in [-0.15, -0.1) is 0 Å². The summed E-state index contributed by atoms with van der Waals surface area (Å²) in [4.78, 5) is 9.79. The van der Waals surface area contributed by atoms with Crippen molar-refractivity contribution in [2.75, 3.05) is 0 Å². The molecule has 0 amide bonds. The van der Waals surface area contributed by atoms with E-state index in [0.717, 1.165) is 16.5 Å². The highest BCUT2D eigenvalue weighted by atomic mass is 79.9. The van der Waals surface area contributed by atoms with Crippen LogP contribution in [0.1, 0.15) is 11.1 Å². The van der Waals surface area contributed by atoms with Crippen LogP contribution in [-0.2, 0) is 11.9 Å². The van der Waals surface area contributed by atoms with Gasteiger partial charge in [-0.3, -0.25) is 10.1 Å². The molecule has 0 saturated heterocycles. The van der Waals surface area contributed by atoms with Crippen LogP contribution < -0.4 is 0 Å². The molecule has 0 spiro atoms. The predicted molar refractivity (Wildman–Crippen MR) is 49.8 cm³/mol. The number of nitrogens with zero attached hydrogens (tertiary/aromatic N) is 1. The van der Waals surface area contributed by atoms with Gasteiger partial charge in [0.05, 0.1) is 0 Å². The van der Waals surface area contributed by atoms with Crippen molar-refractivity contribution in [2.24, 2.45) is 0 Å². The maximum Gasteiger partial charge on any atom is 0.228 e. The summed E-state index contributed by atoms with van der Waals surface area (Å²) in [6, 6.07) is 7.32. The van der Waals surface area contributed by atoms with Crippen LogP contribution in [0.2, 0.25) is 0 Å². The molecular weight excluding hydrogens is 222 g/mol. The minimum absolute atomic E-state index is 0.0947. The molecule has 3 nitrogen and oxygen atoms in total. The van der Waals surface area contributed by atoms with Gasteiger partial charge < -0.3 is 0 Å². The Kier molecular flexibility index (Phi) is 3.22. The zero-order valence-corrected chi connectivity index (χ0v) is 7.95. The van der Waals surface area contributed by atoms with Crippen LogP contribution in [0.5, 0.6) is 0 Å². The van der Waals surface area contributed by atoms with Gasteiger partial charge in [-0.1, -0.05) is 40.2 Å². The number of rotatable bonds is 3. The molecule has 0 fully saturated rings. The molecule has 0 aliphatic carbocycles. The van der Waals surface area contributed by atoms with Crippen LogP contribution in [0.25, 0.3) is 0 Å². The highest BCUT2D eigenvalue weighted by molar-refractivity contribution is 9.08. The first-order valence-corrected chi connectivity index (χ1v) is 4.60. The fourth-order valence-corrected chi connectivity index (χ4v) is 1.26. The highest BCUT2D eigenvalue weighted by Crippen LogP contribution is 2.08. The molecule has 1 rings (SSSR count). The smallest absolute Gasteiger partial charge is 0.228 e. The van der Waals surface area contributed by atoms with Crippen molar-refractivity contribution in [3.05, 3.63) is 45.5 Å². The topological polar surface area (TPSA) is 43.1 Å². The molecule has 0 saturated carbocycles. The monoisotopic (exact) mass is 229 g/mol. The summed E-state index contributed by atoms with van der Waals surface area (Å²) in [7, 11) is 0. The summed E-state index contributed by atoms with van der Waals surface area (Å²) in [6.07, 6.45) is 0. The van der Waals surface area contributed by atoms with Crippen LogP contribution in [0.3, 0.4) is 0 Å². The average Bonchev–Trinajstić information content (AvgIpc) is 2.05. The Morgan fingerprint density at radius 3 is 2.17 bits per heavy atom. The van der Waals surface area contributed by atoms with Gasteiger partial charge in [-0.25, -0.2) is 0 Å². The minimum atomic E-state index is -0.330. The molecule has 0 unspecified atom stereocenters. The van der Waals surface area contributed by atoms with Gasteiger partial charge in [-0.05, 0) is 5.56 Å². The van der Waals surface area contributed by atoms with E-state index in [4.69, 9.17) is 0 Å². The molecule has 0 N–H and O–H groups in total. The summed E-state index contributed by atoms with van der Waals surface area (Å²) in [5.41, 5.74) is 1.87. The largest absolute Gasteiger partial charge is 0.264 e. The third-order valence-corrected chi connectivity index (χ3v) is 2.14. The van der Waals surface area contributed by atoms with Crippen LogP contribution in [0.15, 0.2) is 24.3 Å². The molecule has 0 aromatic heterocycles. The van der Waals surface area contributed by atoms with Crippen molar-refractivity contribution >= 4 is 15.9 Å². The molecule has 1 aromatic carbocycles. The highest BCUT2D eigenvalue weighted by Gasteiger charge is 1.99. The van der Waals surface area contributed by atoms with E-state index in [1.165, 1.54) is 0 Å². The summed E-state index contributed by atoms with van der Waals surface area (Å²) >= 11 is 3.30. The van der Waals surface area contributed by atoms with E-state index >= 15 is 0 Å². The standard InChI is InChI=1S/C8H8BrNO2/c9-5-7-1-3-8(4-2-7)6-10(11)12/h1-4H,5-6H2. The number of hydrogen-bond acceptors (Lipinski definition) is 2. The van der Waals surface area contributed by atoms with Crippen LogP contribution in [0.4, 0.5) is 0 Å². The van der Waals surface area contributed by atoms with Crippen molar-refractivity contribution in [1.82, 2.24) is 0 Å². The quantitative estimate of drug-likeness (QED) is 0.454. The third kappa shape index (κ3) is 2.62. The molecular formula is C8H8BrNO2. The SMILES string of the molecule is O=[N+]([O-])Cc1ccc(CBr)cc1. The molecule has 0 atom stereocenters. The summed E-state index contributed by atoms with van der Waals surface area (Å²) in [6.45, 7) is -0.0947. The van der Waals surface area contributed by atoms with Crippen molar-refractivity contribution in [2.45, 2.75) is 11.9 Å². The first-order valence-electron chi connectivity index (χ1n) is 3.48. The van der Waals surface area contributed by atoms with E-state index in [2.05, 4.69) is 15.9 Å². The van der Waals surface area contributed by atoms with E-state index in [1.54, 1.807) is 12.1 Å². The number of alkyl halides is 1. The maximum absolute atomic E-state index is 10.1. The second-order valence-corrected chi connectivity index (χ2v) is 3.00. The Bertz CT molecular complexity index is 271. The summed E-state index contributed by atoms with van der Waals surface area (Å²) < 4.78 is 0. The lowest BCUT2D eigenvalue weighted by molar-refractivity contribution is -0.496. The first kappa shape index (κ1) is 9.19. The van der Waals surface area contributed by atoms with Crippen LogP contribution in [0, 0.1) is 10.1 Å². The van der Waals surface area contributed by atoms with Crippen molar-refractivity contribution < 1.29 is 4.92 Å². The Balaban J connectivity index is 2.71. The van der Waals surface area contributed by atoms with Gasteiger partial charge in [0.25, 0.3) is 0 Å². The molecule has 0 aliphatic rings. The molecule has 0 aliphatic heterocycles. The van der Waals surface area contributed by atoms with Gasteiger partial charge in [-0.2, -0.15) is 0 Å². The van der Waals surface area contributed by atoms with Crippen molar-refractivity contribution in [3.8, 4) is 0 Å². The van der Waals surface area contributed by atoms with Crippen molar-refractivity contribution in [3.63, 3.8) is 0 Å². The normalized spacial score (nSPS) is 9.75. The van der Waals surface area contributed by atoms with Gasteiger partial charge in [0, 0.05) is 15.8 Å². The van der Waals surface area contributed by atoms with E-state index < -0.39 is 0 Å². The van der Waals surface area contributed by atoms with Gasteiger partial charge in [0.15, 0.2) is 0 Å². The minimum Gasteiger partial charge on any atom is -0.264 e. The van der Waals surface area contributed by atoms with Gasteiger partial charge >= 0.3 is 0 Å². The predicted octanol–water partition coefficient (Wildman–Crippen LogP) is 2.36. The second kappa shape index (κ2) is 4.21. The number of nitro groups is 1. The fourth-order valence-electron chi connectivity index (χ4n) is 0.883. The fraction of sp³-hybridized carbons (Fsp3) is 0.250. The summed E-state index contributed by atoms with van der Waals surface area (Å²) in [5, 5.41) is 10.9. The molecule has 0 bridgehead atoms. The third-order valence-electron chi connectivity index (χ3n) is 1.49. The Morgan fingerprint density at radius 2 is 1.75 bits per heavy atom. The van der Waals surface area contributed by atoms with Crippen LogP contribution in [-0.4, -0.2) is 4.92 Å². The van der Waals surface area contributed by atoms with Gasteiger partial charge in [0.1, 0.15) is 0 Å². The molecule has 0 radical (unpaired) electrons. The Labute approximate surface area is 78.7 Å².